The number of halogens is 1. The molecule has 0 heterocycles. The van der Waals surface area contributed by atoms with E-state index in [-0.39, 0.29) is 17.2 Å². The van der Waals surface area contributed by atoms with Crippen LogP contribution in [0.2, 0.25) is 5.02 Å². The van der Waals surface area contributed by atoms with Crippen LogP contribution in [-0.2, 0) is 5.41 Å². The molecule has 4 heteroatoms. The Labute approximate surface area is 100 Å². The van der Waals surface area contributed by atoms with Crippen LogP contribution in [0.3, 0.4) is 0 Å². The van der Waals surface area contributed by atoms with E-state index in [1.807, 2.05) is 6.92 Å². The van der Waals surface area contributed by atoms with E-state index < -0.39 is 0 Å². The monoisotopic (exact) mass is 241 g/mol. The molecule has 88 valence electrons. The van der Waals surface area contributed by atoms with Gasteiger partial charge in [0.1, 0.15) is 11.5 Å². The van der Waals surface area contributed by atoms with Gasteiger partial charge in [-0.2, -0.15) is 0 Å². The summed E-state index contributed by atoms with van der Waals surface area (Å²) < 4.78 is 5.16. The van der Waals surface area contributed by atoms with Gasteiger partial charge in [0.15, 0.2) is 0 Å². The van der Waals surface area contributed by atoms with Crippen LogP contribution in [0, 0.1) is 0 Å². The fourth-order valence-electron chi connectivity index (χ4n) is 2.20. The van der Waals surface area contributed by atoms with Crippen molar-refractivity contribution >= 4 is 11.6 Å². The van der Waals surface area contributed by atoms with E-state index in [0.29, 0.717) is 10.8 Å². The predicted molar refractivity (Wildman–Crippen MR) is 64.2 cm³/mol. The predicted octanol–water partition coefficient (Wildman–Crippen LogP) is 2.43. The zero-order valence-electron chi connectivity index (χ0n) is 9.46. The normalized spacial score (nSPS) is 19.2. The highest BCUT2D eigenvalue weighted by atomic mass is 35.5. The zero-order valence-corrected chi connectivity index (χ0v) is 10.2. The fourth-order valence-corrected chi connectivity index (χ4v) is 2.44. The molecule has 3 nitrogen and oxygen atoms in total. The average Bonchev–Trinajstić information content (AvgIpc) is 2.99. The second kappa shape index (κ2) is 3.82. The summed E-state index contributed by atoms with van der Waals surface area (Å²) in [5.74, 6) is 0.794. The van der Waals surface area contributed by atoms with Crippen molar-refractivity contribution in [3.05, 3.63) is 22.7 Å². The number of aromatic hydroxyl groups is 1. The lowest BCUT2D eigenvalue weighted by molar-refractivity contribution is 0.406. The third-order valence-corrected chi connectivity index (χ3v) is 3.76. The van der Waals surface area contributed by atoms with E-state index in [1.165, 1.54) is 6.07 Å². The lowest BCUT2D eigenvalue weighted by Crippen LogP contribution is -2.31. The molecule has 1 aliphatic rings. The lowest BCUT2D eigenvalue weighted by Gasteiger charge is -2.22. The van der Waals surface area contributed by atoms with Crippen molar-refractivity contribution in [1.82, 2.24) is 0 Å². The minimum Gasteiger partial charge on any atom is -0.508 e. The van der Waals surface area contributed by atoms with Crippen LogP contribution in [0.5, 0.6) is 11.5 Å². The maximum atomic E-state index is 9.94. The summed E-state index contributed by atoms with van der Waals surface area (Å²) in [6.45, 7) is 1.97. The van der Waals surface area contributed by atoms with Crippen molar-refractivity contribution in [3.63, 3.8) is 0 Å². The molecule has 0 amide bonds. The molecule has 1 atom stereocenters. The van der Waals surface area contributed by atoms with Crippen molar-refractivity contribution in [2.24, 2.45) is 5.73 Å². The average molecular weight is 242 g/mol. The molecular formula is C12H16ClNO2. The summed E-state index contributed by atoms with van der Waals surface area (Å²) in [5.41, 5.74) is 6.73. The van der Waals surface area contributed by atoms with Gasteiger partial charge >= 0.3 is 0 Å². The van der Waals surface area contributed by atoms with Gasteiger partial charge in [-0.05, 0) is 25.8 Å². The summed E-state index contributed by atoms with van der Waals surface area (Å²) in [7, 11) is 1.56. The number of rotatable bonds is 3. The van der Waals surface area contributed by atoms with Gasteiger partial charge in [-0.1, -0.05) is 11.6 Å². The maximum Gasteiger partial charge on any atom is 0.138 e. The van der Waals surface area contributed by atoms with Crippen molar-refractivity contribution in [2.75, 3.05) is 7.11 Å². The molecule has 0 aliphatic heterocycles. The number of hydrogen-bond donors (Lipinski definition) is 2. The highest BCUT2D eigenvalue weighted by Crippen LogP contribution is 2.54. The van der Waals surface area contributed by atoms with Gasteiger partial charge in [0, 0.05) is 23.1 Å². The smallest absolute Gasteiger partial charge is 0.138 e. The molecule has 1 fully saturated rings. The van der Waals surface area contributed by atoms with Gasteiger partial charge in [0.25, 0.3) is 0 Å². The minimum atomic E-state index is -0.0953. The first kappa shape index (κ1) is 11.6. The fraction of sp³-hybridized carbons (Fsp3) is 0.500. The summed E-state index contributed by atoms with van der Waals surface area (Å²) in [6, 6.07) is 3.34. The van der Waals surface area contributed by atoms with E-state index in [0.717, 1.165) is 18.4 Å². The first-order valence-corrected chi connectivity index (χ1v) is 5.71. The molecule has 2 rings (SSSR count). The molecule has 0 saturated heterocycles. The zero-order chi connectivity index (χ0) is 11.9. The molecule has 1 aliphatic carbocycles. The molecule has 1 saturated carbocycles. The molecule has 16 heavy (non-hydrogen) atoms. The molecule has 3 N–H and O–H groups in total. The molecule has 0 radical (unpaired) electrons. The third-order valence-electron chi connectivity index (χ3n) is 3.47. The van der Waals surface area contributed by atoms with Crippen LogP contribution in [0.4, 0.5) is 0 Å². The van der Waals surface area contributed by atoms with Crippen LogP contribution in [-0.4, -0.2) is 18.3 Å². The van der Waals surface area contributed by atoms with Crippen molar-refractivity contribution in [2.45, 2.75) is 31.2 Å². The van der Waals surface area contributed by atoms with Gasteiger partial charge in [0.2, 0.25) is 0 Å². The Hall–Kier alpha value is -0.930. The Kier molecular flexibility index (Phi) is 2.76. The molecule has 0 spiro atoms. The molecule has 1 aromatic rings. The van der Waals surface area contributed by atoms with Crippen molar-refractivity contribution < 1.29 is 9.84 Å². The Bertz CT molecular complexity index is 414. The molecular weight excluding hydrogens is 226 g/mol. The number of phenolic OH excluding ortho intramolecular Hbond substituents is 1. The van der Waals surface area contributed by atoms with E-state index in [9.17, 15) is 5.11 Å². The van der Waals surface area contributed by atoms with E-state index in [2.05, 4.69) is 0 Å². The quantitative estimate of drug-likeness (QED) is 0.855. The second-order valence-electron chi connectivity index (χ2n) is 4.45. The van der Waals surface area contributed by atoms with Gasteiger partial charge in [-0.3, -0.25) is 0 Å². The van der Waals surface area contributed by atoms with E-state index in [4.69, 9.17) is 22.1 Å². The number of ether oxygens (including phenoxy) is 1. The Morgan fingerprint density at radius 3 is 2.56 bits per heavy atom. The maximum absolute atomic E-state index is 9.94. The van der Waals surface area contributed by atoms with Crippen molar-refractivity contribution in [1.29, 1.82) is 0 Å². The van der Waals surface area contributed by atoms with Crippen molar-refractivity contribution in [3.8, 4) is 11.5 Å². The first-order valence-electron chi connectivity index (χ1n) is 5.34. The van der Waals surface area contributed by atoms with Crippen LogP contribution >= 0.6 is 11.6 Å². The molecule has 1 unspecified atom stereocenters. The van der Waals surface area contributed by atoms with Gasteiger partial charge in [-0.25, -0.2) is 0 Å². The van der Waals surface area contributed by atoms with Gasteiger partial charge in [-0.15, -0.1) is 0 Å². The van der Waals surface area contributed by atoms with Gasteiger partial charge in [0.05, 0.1) is 12.1 Å². The summed E-state index contributed by atoms with van der Waals surface area (Å²) in [5, 5.41) is 10.4. The van der Waals surface area contributed by atoms with Crippen LogP contribution < -0.4 is 10.5 Å². The largest absolute Gasteiger partial charge is 0.508 e. The number of benzene rings is 1. The first-order chi connectivity index (χ1) is 7.51. The third kappa shape index (κ3) is 1.64. The highest BCUT2D eigenvalue weighted by Gasteiger charge is 2.49. The molecule has 0 aromatic heterocycles. The molecule has 0 bridgehead atoms. The number of methoxy groups -OCH3 is 1. The Morgan fingerprint density at radius 1 is 1.50 bits per heavy atom. The van der Waals surface area contributed by atoms with Crippen LogP contribution in [0.1, 0.15) is 25.3 Å². The van der Waals surface area contributed by atoms with Crippen LogP contribution in [0.15, 0.2) is 12.1 Å². The lowest BCUT2D eigenvalue weighted by atomic mass is 9.88. The van der Waals surface area contributed by atoms with E-state index in [1.54, 1.807) is 13.2 Å². The summed E-state index contributed by atoms with van der Waals surface area (Å²) in [6.07, 6.45) is 2.01. The topological polar surface area (TPSA) is 55.5 Å². The summed E-state index contributed by atoms with van der Waals surface area (Å²) in [4.78, 5) is 0. The minimum absolute atomic E-state index is 0.0179. The number of phenols is 1. The summed E-state index contributed by atoms with van der Waals surface area (Å²) >= 11 is 5.94. The SMILES string of the molecule is COc1cc(C2(C(C)N)CC2)c(O)cc1Cl. The molecule has 1 aromatic carbocycles. The number of hydrogen-bond acceptors (Lipinski definition) is 3. The Morgan fingerprint density at radius 2 is 2.12 bits per heavy atom. The standard InChI is InChI=1S/C12H16ClNO2/c1-7(14)12(3-4-12)8-5-11(16-2)9(13)6-10(8)15/h5-7,15H,3-4,14H2,1-2H3. The Balaban J connectivity index is 2.49. The number of nitrogens with two attached hydrogens (primary N) is 1. The highest BCUT2D eigenvalue weighted by molar-refractivity contribution is 6.32. The van der Waals surface area contributed by atoms with Gasteiger partial charge < -0.3 is 15.6 Å². The van der Waals surface area contributed by atoms with E-state index >= 15 is 0 Å². The van der Waals surface area contributed by atoms with Crippen LogP contribution in [0.25, 0.3) is 0 Å². The second-order valence-corrected chi connectivity index (χ2v) is 4.86.